The summed E-state index contributed by atoms with van der Waals surface area (Å²) >= 11 is 0. The number of nitrogens with one attached hydrogen (secondary N) is 1. The summed E-state index contributed by atoms with van der Waals surface area (Å²) < 4.78 is 49.9. The zero-order valence-electron chi connectivity index (χ0n) is 17.8. The smallest absolute Gasteiger partial charge is 0.387 e. The van der Waals surface area contributed by atoms with Gasteiger partial charge in [0.1, 0.15) is 19.0 Å². The molecule has 32 heavy (non-hydrogen) atoms. The number of alkyl halides is 3. The topological polar surface area (TPSA) is 122 Å². The summed E-state index contributed by atoms with van der Waals surface area (Å²) in [5.41, 5.74) is -4.18. The molecule has 1 aromatic rings. The van der Waals surface area contributed by atoms with Crippen molar-refractivity contribution in [1.82, 2.24) is 5.32 Å². The molecule has 1 aliphatic rings. The maximum atomic E-state index is 14.1. The van der Waals surface area contributed by atoms with E-state index in [1.165, 1.54) is 38.1 Å². The first-order valence-electron chi connectivity index (χ1n) is 9.92. The fraction of sp³-hybridized carbons (Fsp3) is 0.571. The van der Waals surface area contributed by atoms with Crippen LogP contribution in [0.3, 0.4) is 0 Å². The monoisotopic (exact) mass is 461 g/mol. The Morgan fingerprint density at radius 2 is 1.78 bits per heavy atom. The van der Waals surface area contributed by atoms with E-state index in [4.69, 9.17) is 4.74 Å². The number of esters is 1. The number of ether oxygens (including phenoxy) is 2. The molecule has 5 atom stereocenters. The lowest BCUT2D eigenvalue weighted by atomic mass is 9.51. The van der Waals surface area contributed by atoms with Crippen LogP contribution in [-0.4, -0.2) is 60.1 Å². The van der Waals surface area contributed by atoms with Gasteiger partial charge >= 0.3 is 24.5 Å². The second-order valence-corrected chi connectivity index (χ2v) is 7.86. The van der Waals surface area contributed by atoms with E-state index in [-0.39, 0.29) is 12.0 Å². The third-order valence-electron chi connectivity index (χ3n) is 6.36. The van der Waals surface area contributed by atoms with E-state index in [9.17, 15) is 37.8 Å². The number of para-hydroxylation sites is 1. The van der Waals surface area contributed by atoms with Crippen LogP contribution in [0.2, 0.25) is 0 Å². The number of carbonyl (C=O) groups is 3. The van der Waals surface area contributed by atoms with Crippen molar-refractivity contribution in [2.45, 2.75) is 51.8 Å². The maximum Gasteiger partial charge on any atom is 0.387 e. The zero-order chi connectivity index (χ0) is 24.3. The summed E-state index contributed by atoms with van der Waals surface area (Å²) in [6, 6.07) is 2.62. The molecule has 0 saturated carbocycles. The van der Waals surface area contributed by atoms with Crippen molar-refractivity contribution < 1.29 is 47.2 Å². The number of carboxylic acid groups (broad SMARTS) is 2. The summed E-state index contributed by atoms with van der Waals surface area (Å²) in [6.45, 7) is -1.19. The van der Waals surface area contributed by atoms with Gasteiger partial charge in [0.15, 0.2) is 0 Å². The molecule has 0 bridgehead atoms. The Hall–Kier alpha value is -2.82. The number of halogens is 3. The van der Waals surface area contributed by atoms with Gasteiger partial charge < -0.3 is 25.0 Å². The van der Waals surface area contributed by atoms with Gasteiger partial charge in [0.05, 0.1) is 22.9 Å². The minimum Gasteiger partial charge on any atom is -0.481 e. The number of carboxylic acids is 2. The Bertz CT molecular complexity index is 868. The predicted molar refractivity (Wildman–Crippen MR) is 105 cm³/mol. The third-order valence-corrected chi connectivity index (χ3v) is 6.36. The minimum absolute atomic E-state index is 0.116. The molecule has 0 aromatic heterocycles. The minimum atomic E-state index is -3.26. The maximum absolute atomic E-state index is 14.1. The number of piperidine rings is 1. The van der Waals surface area contributed by atoms with Gasteiger partial charge in [0, 0.05) is 12.8 Å². The van der Waals surface area contributed by atoms with E-state index in [1.54, 1.807) is 0 Å². The van der Waals surface area contributed by atoms with Crippen molar-refractivity contribution in [3.63, 3.8) is 0 Å². The fourth-order valence-electron chi connectivity index (χ4n) is 4.77. The number of hydrogen-bond acceptors (Lipinski definition) is 6. The van der Waals surface area contributed by atoms with Crippen LogP contribution in [-0.2, 0) is 19.1 Å². The second-order valence-electron chi connectivity index (χ2n) is 7.86. The molecule has 0 amide bonds. The highest BCUT2D eigenvalue weighted by Crippen LogP contribution is 2.58. The first-order chi connectivity index (χ1) is 15.0. The molecule has 5 unspecified atom stereocenters. The van der Waals surface area contributed by atoms with E-state index in [2.05, 4.69) is 10.1 Å². The Kier molecular flexibility index (Phi) is 7.76. The molecule has 0 spiro atoms. The van der Waals surface area contributed by atoms with Gasteiger partial charge in [-0.3, -0.25) is 14.4 Å². The molecule has 1 heterocycles. The van der Waals surface area contributed by atoms with Gasteiger partial charge in [-0.1, -0.05) is 25.1 Å². The highest BCUT2D eigenvalue weighted by Gasteiger charge is 2.67. The Morgan fingerprint density at radius 3 is 2.25 bits per heavy atom. The molecular weight excluding hydrogens is 435 g/mol. The van der Waals surface area contributed by atoms with Gasteiger partial charge in [-0.15, -0.1) is 0 Å². The van der Waals surface area contributed by atoms with Crippen molar-refractivity contribution in [3.8, 4) is 5.75 Å². The molecule has 11 heteroatoms. The van der Waals surface area contributed by atoms with Gasteiger partial charge in [-0.2, -0.15) is 8.78 Å². The van der Waals surface area contributed by atoms with Crippen LogP contribution in [0.15, 0.2) is 24.3 Å². The van der Waals surface area contributed by atoms with Gasteiger partial charge in [0.2, 0.25) is 0 Å². The summed E-state index contributed by atoms with van der Waals surface area (Å²) in [5.74, 6) is -5.62. The highest BCUT2D eigenvalue weighted by molar-refractivity contribution is 5.84. The molecule has 0 radical (unpaired) electrons. The summed E-state index contributed by atoms with van der Waals surface area (Å²) in [5, 5.41) is 23.2. The Morgan fingerprint density at radius 1 is 1.16 bits per heavy atom. The molecule has 1 fully saturated rings. The van der Waals surface area contributed by atoms with Crippen LogP contribution in [0.5, 0.6) is 5.75 Å². The van der Waals surface area contributed by atoms with Gasteiger partial charge in [-0.05, 0) is 25.0 Å². The van der Waals surface area contributed by atoms with Gasteiger partial charge in [0.25, 0.3) is 0 Å². The largest absolute Gasteiger partial charge is 0.481 e. The molecule has 1 saturated heterocycles. The molecule has 178 valence electrons. The normalized spacial score (nSPS) is 30.0. The number of carbonyl (C=O) groups excluding carboxylic acids is 1. The highest BCUT2D eigenvalue weighted by atomic mass is 19.3. The number of rotatable bonds is 9. The summed E-state index contributed by atoms with van der Waals surface area (Å²) in [7, 11) is 0. The molecule has 2 rings (SSSR count). The molecule has 1 aromatic carbocycles. The van der Waals surface area contributed by atoms with Crippen molar-refractivity contribution in [2.75, 3.05) is 13.3 Å². The van der Waals surface area contributed by atoms with Crippen LogP contribution in [0.4, 0.5) is 13.2 Å². The average Bonchev–Trinajstić information content (AvgIpc) is 2.72. The number of benzene rings is 1. The first-order valence-corrected chi connectivity index (χ1v) is 9.92. The Balaban J connectivity index is 2.88. The van der Waals surface area contributed by atoms with Crippen molar-refractivity contribution in [2.24, 2.45) is 10.8 Å². The van der Waals surface area contributed by atoms with E-state index >= 15 is 0 Å². The predicted octanol–water partition coefficient (Wildman–Crippen LogP) is 2.82. The lowest BCUT2D eigenvalue weighted by Crippen LogP contribution is -2.71. The van der Waals surface area contributed by atoms with Gasteiger partial charge in [-0.25, -0.2) is 4.39 Å². The lowest BCUT2D eigenvalue weighted by Gasteiger charge is -2.56. The third kappa shape index (κ3) is 4.25. The molecule has 1 aliphatic heterocycles. The molecule has 0 aliphatic carbocycles. The lowest BCUT2D eigenvalue weighted by molar-refractivity contribution is -0.177. The second kappa shape index (κ2) is 9.76. The van der Waals surface area contributed by atoms with Crippen molar-refractivity contribution in [1.29, 1.82) is 0 Å². The van der Waals surface area contributed by atoms with Crippen LogP contribution in [0.25, 0.3) is 0 Å². The SMILES string of the molecule is CCC1(C(=O)O)C(COC(C)=O)NC(CF)C(C)(C(=O)O)C1c1ccccc1OC(F)F. The molecule has 3 N–H and O–H groups in total. The van der Waals surface area contributed by atoms with Crippen molar-refractivity contribution >= 4 is 17.9 Å². The van der Waals surface area contributed by atoms with Crippen LogP contribution in [0.1, 0.15) is 38.7 Å². The molecular formula is C21H26F3NO7. The fourth-order valence-corrected chi connectivity index (χ4v) is 4.77. The van der Waals surface area contributed by atoms with Crippen LogP contribution in [0, 0.1) is 10.8 Å². The Labute approximate surface area is 182 Å². The van der Waals surface area contributed by atoms with Crippen LogP contribution < -0.4 is 10.1 Å². The van der Waals surface area contributed by atoms with Crippen molar-refractivity contribution in [3.05, 3.63) is 29.8 Å². The van der Waals surface area contributed by atoms with E-state index in [1.807, 2.05) is 0 Å². The number of hydrogen-bond donors (Lipinski definition) is 3. The summed E-state index contributed by atoms with van der Waals surface area (Å²) in [6.07, 6.45) is -0.184. The summed E-state index contributed by atoms with van der Waals surface area (Å²) in [4.78, 5) is 36.6. The quantitative estimate of drug-likeness (QED) is 0.480. The van der Waals surface area contributed by atoms with E-state index in [0.717, 1.165) is 6.92 Å². The van der Waals surface area contributed by atoms with Crippen LogP contribution >= 0.6 is 0 Å². The molecule has 8 nitrogen and oxygen atoms in total. The standard InChI is InChI=1S/C21H26F3NO7/c1-4-21(18(29)30)15(10-31-11(2)26)25-14(9-22)20(3,17(27)28)16(21)12-7-5-6-8-13(12)32-19(23)24/h5-8,14-16,19,25H,4,9-10H2,1-3H3,(H,27,28)(H,29,30). The number of aliphatic carboxylic acids is 2. The van der Waals surface area contributed by atoms with E-state index in [0.29, 0.717) is 0 Å². The average molecular weight is 461 g/mol. The van der Waals surface area contributed by atoms with E-state index < -0.39 is 72.4 Å². The zero-order valence-corrected chi connectivity index (χ0v) is 17.8. The first kappa shape index (κ1) is 25.4.